The van der Waals surface area contributed by atoms with Crippen molar-refractivity contribution in [2.45, 2.75) is 31.0 Å². The fourth-order valence-electron chi connectivity index (χ4n) is 2.36. The lowest BCUT2D eigenvalue weighted by atomic mass is 10.1. The summed E-state index contributed by atoms with van der Waals surface area (Å²) in [4.78, 5) is 18.0. The van der Waals surface area contributed by atoms with Crippen LogP contribution in [-0.4, -0.2) is 69.8 Å². The third-order valence-electron chi connectivity index (χ3n) is 3.47. The predicted octanol–water partition coefficient (Wildman–Crippen LogP) is -1.93. The topological polar surface area (TPSA) is 124 Å². The van der Waals surface area contributed by atoms with Crippen LogP contribution < -0.4 is 5.32 Å². The van der Waals surface area contributed by atoms with Crippen LogP contribution in [0.5, 0.6) is 0 Å². The van der Waals surface area contributed by atoms with Gasteiger partial charge < -0.3 is 24.9 Å². The molecule has 1 fully saturated rings. The molecule has 9 nitrogen and oxygen atoms in total. The van der Waals surface area contributed by atoms with Crippen molar-refractivity contribution in [2.75, 3.05) is 13.2 Å². The molecule has 0 saturated carbocycles. The number of amides is 2. The summed E-state index contributed by atoms with van der Waals surface area (Å²) in [6.45, 7) is -0.0453. The number of urea groups is 1. The number of hydrogen-bond acceptors (Lipinski definition) is 7. The second-order valence-electron chi connectivity index (χ2n) is 4.74. The second-order valence-corrected chi connectivity index (χ2v) is 4.74. The number of hydrogen-bond donors (Lipinski definition) is 4. The van der Waals surface area contributed by atoms with Crippen LogP contribution in [0, 0.1) is 0 Å². The monoisotopic (exact) mass is 285 g/mol. The van der Waals surface area contributed by atoms with E-state index in [9.17, 15) is 15.0 Å². The maximum absolute atomic E-state index is 12.0. The first-order chi connectivity index (χ1) is 9.61. The van der Waals surface area contributed by atoms with Gasteiger partial charge in [0.2, 0.25) is 0 Å². The summed E-state index contributed by atoms with van der Waals surface area (Å²) < 4.78 is 5.32. The summed E-state index contributed by atoms with van der Waals surface area (Å²) in [5, 5.41) is 35.0. The molecular weight excluding hydrogens is 270 g/mol. The molecular formula is C11H15N3O6. The highest BCUT2D eigenvalue weighted by molar-refractivity contribution is 6.09. The van der Waals surface area contributed by atoms with Gasteiger partial charge in [0.1, 0.15) is 24.9 Å². The maximum atomic E-state index is 12.0. The van der Waals surface area contributed by atoms with Gasteiger partial charge in [-0.1, -0.05) is 5.16 Å². The van der Waals surface area contributed by atoms with Gasteiger partial charge in [0.15, 0.2) is 12.1 Å². The molecule has 0 aromatic heterocycles. The molecule has 9 heteroatoms. The standard InChI is InChI=1S/C11H15N3O6/c15-4-6-7(16)8(17)10(20-6)14-3-5-1-2-19-13-9(5)12-11(14)18/h3,6-8,10,15-17H,1-2,4H2,(H,12,13,18)/t6-,7-,8-,10-/m1/s1. The fourth-order valence-corrected chi connectivity index (χ4v) is 2.36. The van der Waals surface area contributed by atoms with Crippen molar-refractivity contribution < 1.29 is 29.7 Å². The Labute approximate surface area is 114 Å². The molecule has 1 saturated heterocycles. The Morgan fingerprint density at radius 3 is 2.95 bits per heavy atom. The van der Waals surface area contributed by atoms with Gasteiger partial charge in [0.05, 0.1) is 6.61 Å². The summed E-state index contributed by atoms with van der Waals surface area (Å²) in [7, 11) is 0. The Hall–Kier alpha value is -1.68. The zero-order chi connectivity index (χ0) is 14.3. The van der Waals surface area contributed by atoms with Crippen LogP contribution in [0.2, 0.25) is 0 Å². The van der Waals surface area contributed by atoms with Crippen molar-refractivity contribution in [1.29, 1.82) is 0 Å². The largest absolute Gasteiger partial charge is 0.394 e. The molecule has 3 rings (SSSR count). The molecule has 4 atom stereocenters. The molecule has 3 aliphatic rings. The highest BCUT2D eigenvalue weighted by atomic mass is 16.6. The van der Waals surface area contributed by atoms with E-state index in [-0.39, 0.29) is 0 Å². The number of fused-ring (bicyclic) bond motifs is 1. The lowest BCUT2D eigenvalue weighted by Crippen LogP contribution is -2.53. The normalized spacial score (nSPS) is 36.8. The number of aliphatic hydroxyl groups is 3. The van der Waals surface area contributed by atoms with Gasteiger partial charge in [-0.25, -0.2) is 4.79 Å². The van der Waals surface area contributed by atoms with Crippen molar-refractivity contribution in [1.82, 2.24) is 10.2 Å². The minimum Gasteiger partial charge on any atom is -0.394 e. The molecule has 0 radical (unpaired) electrons. The Morgan fingerprint density at radius 2 is 2.25 bits per heavy atom. The smallest absolute Gasteiger partial charge is 0.329 e. The zero-order valence-electron chi connectivity index (χ0n) is 10.5. The Morgan fingerprint density at radius 1 is 1.45 bits per heavy atom. The minimum absolute atomic E-state index is 0.337. The number of carbonyl (C=O) groups excluding carboxylic acids is 1. The van der Waals surface area contributed by atoms with E-state index in [0.29, 0.717) is 18.9 Å². The highest BCUT2D eigenvalue weighted by Gasteiger charge is 2.47. The summed E-state index contributed by atoms with van der Waals surface area (Å²) in [6, 6.07) is -0.548. The van der Waals surface area contributed by atoms with Gasteiger partial charge in [-0.3, -0.25) is 10.2 Å². The van der Waals surface area contributed by atoms with Gasteiger partial charge in [-0.05, 0) is 0 Å². The number of nitrogens with zero attached hydrogens (tertiary/aromatic N) is 2. The van der Waals surface area contributed by atoms with E-state index in [1.54, 1.807) is 0 Å². The van der Waals surface area contributed by atoms with Crippen LogP contribution in [0.25, 0.3) is 0 Å². The molecule has 0 bridgehead atoms. The van der Waals surface area contributed by atoms with Gasteiger partial charge in [-0.15, -0.1) is 0 Å². The Bertz CT molecular complexity index is 479. The average Bonchev–Trinajstić information content (AvgIpc) is 2.74. The third kappa shape index (κ3) is 2.04. The van der Waals surface area contributed by atoms with E-state index < -0.39 is 37.2 Å². The van der Waals surface area contributed by atoms with Gasteiger partial charge in [-0.2, -0.15) is 0 Å². The zero-order valence-corrected chi connectivity index (χ0v) is 10.5. The van der Waals surface area contributed by atoms with Crippen molar-refractivity contribution in [3.05, 3.63) is 11.8 Å². The molecule has 0 aliphatic carbocycles. The Balaban J connectivity index is 1.85. The van der Waals surface area contributed by atoms with Gasteiger partial charge in [0.25, 0.3) is 0 Å². The van der Waals surface area contributed by atoms with E-state index in [1.165, 1.54) is 6.20 Å². The van der Waals surface area contributed by atoms with Crippen LogP contribution in [0.4, 0.5) is 4.79 Å². The van der Waals surface area contributed by atoms with Crippen LogP contribution in [0.3, 0.4) is 0 Å². The molecule has 20 heavy (non-hydrogen) atoms. The molecule has 110 valence electrons. The summed E-state index contributed by atoms with van der Waals surface area (Å²) in [6.07, 6.45) is -2.45. The number of aliphatic hydroxyl groups excluding tert-OH is 3. The first-order valence-corrected chi connectivity index (χ1v) is 6.24. The number of nitrogens with one attached hydrogen (secondary N) is 1. The lowest BCUT2D eigenvalue weighted by Gasteiger charge is -2.32. The molecule has 2 amide bonds. The molecule has 0 aromatic carbocycles. The van der Waals surface area contributed by atoms with E-state index in [0.717, 1.165) is 10.5 Å². The van der Waals surface area contributed by atoms with Crippen LogP contribution in [0.15, 0.2) is 16.9 Å². The molecule has 0 unspecified atom stereocenters. The van der Waals surface area contributed by atoms with Gasteiger partial charge >= 0.3 is 6.03 Å². The Kier molecular flexibility index (Phi) is 3.34. The van der Waals surface area contributed by atoms with Crippen LogP contribution >= 0.6 is 0 Å². The quantitative estimate of drug-likeness (QED) is 0.468. The van der Waals surface area contributed by atoms with Crippen molar-refractivity contribution in [3.63, 3.8) is 0 Å². The number of carbonyl (C=O) groups is 1. The van der Waals surface area contributed by atoms with E-state index >= 15 is 0 Å². The van der Waals surface area contributed by atoms with E-state index in [4.69, 9.17) is 14.7 Å². The maximum Gasteiger partial charge on any atom is 0.329 e. The number of oxime groups is 1. The van der Waals surface area contributed by atoms with E-state index in [2.05, 4.69) is 10.5 Å². The number of ether oxygens (including phenoxy) is 1. The molecule has 3 heterocycles. The number of amidine groups is 1. The number of rotatable bonds is 2. The molecule has 0 aromatic rings. The van der Waals surface area contributed by atoms with Crippen molar-refractivity contribution in [3.8, 4) is 0 Å². The predicted molar refractivity (Wildman–Crippen MR) is 64.2 cm³/mol. The van der Waals surface area contributed by atoms with Crippen molar-refractivity contribution >= 4 is 11.9 Å². The summed E-state index contributed by atoms with van der Waals surface area (Å²) in [5.41, 5.74) is 0.744. The van der Waals surface area contributed by atoms with E-state index in [1.807, 2.05) is 0 Å². The SMILES string of the molecule is O=C1NC2=NOCCC2=CN1[C@@H]1O[C@H](CO)[C@@H](O)[C@H]1O. The molecule has 0 spiro atoms. The summed E-state index contributed by atoms with van der Waals surface area (Å²) >= 11 is 0. The second kappa shape index (κ2) is 5.02. The average molecular weight is 285 g/mol. The third-order valence-corrected chi connectivity index (χ3v) is 3.47. The first-order valence-electron chi connectivity index (χ1n) is 6.24. The lowest BCUT2D eigenvalue weighted by molar-refractivity contribution is -0.0652. The van der Waals surface area contributed by atoms with Crippen LogP contribution in [-0.2, 0) is 9.57 Å². The minimum atomic E-state index is -1.30. The molecule has 3 aliphatic heterocycles. The van der Waals surface area contributed by atoms with Crippen molar-refractivity contribution in [2.24, 2.45) is 5.16 Å². The van der Waals surface area contributed by atoms with Gasteiger partial charge in [0, 0.05) is 18.2 Å². The molecule has 4 N–H and O–H groups in total. The highest BCUT2D eigenvalue weighted by Crippen LogP contribution is 2.27. The summed E-state index contributed by atoms with van der Waals surface area (Å²) in [5.74, 6) is 0.337. The first kappa shape index (κ1) is 13.3. The fraction of sp³-hybridized carbons (Fsp3) is 0.636. The van der Waals surface area contributed by atoms with Crippen LogP contribution in [0.1, 0.15) is 6.42 Å².